The molecule has 0 aliphatic heterocycles. The van der Waals surface area contributed by atoms with Gasteiger partial charge in [-0.25, -0.2) is 18.3 Å². The molecule has 1 amide bonds. The highest BCUT2D eigenvalue weighted by atomic mass is 19.1. The van der Waals surface area contributed by atoms with Crippen LogP contribution in [0, 0.1) is 25.5 Å². The summed E-state index contributed by atoms with van der Waals surface area (Å²) in [4.78, 5) is 17.3. The summed E-state index contributed by atoms with van der Waals surface area (Å²) in [6.45, 7) is 8.39. The number of anilines is 1. The Morgan fingerprint density at radius 1 is 1.03 bits per heavy atom. The Morgan fingerprint density at radius 2 is 1.76 bits per heavy atom. The van der Waals surface area contributed by atoms with Gasteiger partial charge in [-0.2, -0.15) is 5.10 Å². The Labute approximate surface area is 195 Å². The van der Waals surface area contributed by atoms with E-state index in [1.54, 1.807) is 11.4 Å². The van der Waals surface area contributed by atoms with Gasteiger partial charge in [0.25, 0.3) is 5.91 Å². The van der Waals surface area contributed by atoms with E-state index in [2.05, 4.69) is 15.4 Å². The topological polar surface area (TPSA) is 77.8 Å². The molecule has 0 bridgehead atoms. The quantitative estimate of drug-likeness (QED) is 0.398. The molecule has 2 aromatic heterocycles. The van der Waals surface area contributed by atoms with Crippen molar-refractivity contribution in [2.75, 3.05) is 18.5 Å². The van der Waals surface area contributed by atoms with Crippen LogP contribution in [0.15, 0.2) is 42.6 Å². The zero-order chi connectivity index (χ0) is 24.4. The number of nitrogens with zero attached hydrogens (tertiary/aromatic N) is 3. The molecule has 0 aliphatic rings. The minimum Gasteiger partial charge on any atom is -0.490 e. The number of hydrogen-bond acceptors (Lipinski definition) is 5. The summed E-state index contributed by atoms with van der Waals surface area (Å²) in [5.74, 6) is -0.895. The normalized spacial score (nSPS) is 11.0. The van der Waals surface area contributed by atoms with E-state index >= 15 is 0 Å². The molecule has 4 rings (SSSR count). The SMILES string of the molecule is CCOc1ccc(-c2c(C)nn3c(C)c(C(=O)Nc4ccc(F)cc4F)cnc23)cc1OCC. The summed E-state index contributed by atoms with van der Waals surface area (Å²) in [5.41, 5.74) is 3.53. The van der Waals surface area contributed by atoms with Crippen LogP contribution in [0.5, 0.6) is 11.5 Å². The van der Waals surface area contributed by atoms with E-state index in [1.165, 1.54) is 12.3 Å². The van der Waals surface area contributed by atoms with E-state index in [9.17, 15) is 13.6 Å². The lowest BCUT2D eigenvalue weighted by molar-refractivity contribution is 0.102. The van der Waals surface area contributed by atoms with Gasteiger partial charge in [-0.3, -0.25) is 4.79 Å². The molecule has 0 spiro atoms. The molecule has 4 aromatic rings. The summed E-state index contributed by atoms with van der Waals surface area (Å²) < 4.78 is 40.1. The van der Waals surface area contributed by atoms with E-state index in [0.717, 1.165) is 17.2 Å². The first-order chi connectivity index (χ1) is 16.3. The predicted octanol–water partition coefficient (Wildman–Crippen LogP) is 5.34. The van der Waals surface area contributed by atoms with Gasteiger partial charge in [0.1, 0.15) is 11.6 Å². The predicted molar refractivity (Wildman–Crippen MR) is 125 cm³/mol. The van der Waals surface area contributed by atoms with Crippen LogP contribution in [-0.4, -0.2) is 33.7 Å². The number of aromatic nitrogens is 3. The highest BCUT2D eigenvalue weighted by Crippen LogP contribution is 2.36. The van der Waals surface area contributed by atoms with Crippen molar-refractivity contribution < 1.29 is 23.0 Å². The lowest BCUT2D eigenvalue weighted by atomic mass is 10.1. The van der Waals surface area contributed by atoms with Gasteiger partial charge in [0.2, 0.25) is 0 Å². The van der Waals surface area contributed by atoms with Crippen LogP contribution in [0.4, 0.5) is 14.5 Å². The van der Waals surface area contributed by atoms with Crippen LogP contribution in [-0.2, 0) is 0 Å². The Hall–Kier alpha value is -4.01. The highest BCUT2D eigenvalue weighted by molar-refractivity contribution is 6.05. The highest BCUT2D eigenvalue weighted by Gasteiger charge is 2.20. The number of amides is 1. The monoisotopic (exact) mass is 466 g/mol. The van der Waals surface area contributed by atoms with Crippen molar-refractivity contribution in [3.8, 4) is 22.6 Å². The second-order valence-electron chi connectivity index (χ2n) is 7.56. The largest absolute Gasteiger partial charge is 0.490 e. The van der Waals surface area contributed by atoms with E-state index < -0.39 is 17.5 Å². The molecule has 2 heterocycles. The standard InChI is InChI=1S/C25H24F2N4O3/c1-5-33-21-10-7-16(11-22(21)34-6-2)23-14(3)30-31-15(4)18(13-28-24(23)31)25(32)29-20-9-8-17(26)12-19(20)27/h7-13H,5-6H2,1-4H3,(H,29,32). The van der Waals surface area contributed by atoms with Crippen molar-refractivity contribution in [1.82, 2.24) is 14.6 Å². The number of halogens is 2. The summed E-state index contributed by atoms with van der Waals surface area (Å²) in [5, 5.41) is 7.04. The molecule has 176 valence electrons. The van der Waals surface area contributed by atoms with Crippen molar-refractivity contribution in [2.24, 2.45) is 0 Å². The minimum absolute atomic E-state index is 0.124. The maximum atomic E-state index is 14.0. The summed E-state index contributed by atoms with van der Waals surface area (Å²) >= 11 is 0. The second-order valence-corrected chi connectivity index (χ2v) is 7.56. The molecule has 0 saturated carbocycles. The zero-order valence-electron chi connectivity index (χ0n) is 19.3. The molecular formula is C25H24F2N4O3. The number of benzene rings is 2. The summed E-state index contributed by atoms with van der Waals surface area (Å²) in [6.07, 6.45) is 1.42. The van der Waals surface area contributed by atoms with Crippen molar-refractivity contribution in [3.05, 3.63) is 71.2 Å². The fraction of sp³-hybridized carbons (Fsp3) is 0.240. The van der Waals surface area contributed by atoms with Crippen molar-refractivity contribution in [3.63, 3.8) is 0 Å². The van der Waals surface area contributed by atoms with Gasteiger partial charge in [-0.05, 0) is 57.5 Å². The van der Waals surface area contributed by atoms with Crippen LogP contribution < -0.4 is 14.8 Å². The first-order valence-corrected chi connectivity index (χ1v) is 10.8. The molecule has 7 nitrogen and oxygen atoms in total. The Balaban J connectivity index is 1.74. The van der Waals surface area contributed by atoms with E-state index in [-0.39, 0.29) is 11.3 Å². The average molecular weight is 466 g/mol. The molecule has 9 heteroatoms. The number of rotatable bonds is 7. The molecule has 0 saturated heterocycles. The molecule has 0 atom stereocenters. The minimum atomic E-state index is -0.863. The van der Waals surface area contributed by atoms with Crippen molar-refractivity contribution in [1.29, 1.82) is 0 Å². The van der Waals surface area contributed by atoms with Crippen LogP contribution in [0.25, 0.3) is 16.8 Å². The number of ether oxygens (including phenoxy) is 2. The van der Waals surface area contributed by atoms with Crippen LogP contribution in [0.3, 0.4) is 0 Å². The molecule has 0 radical (unpaired) electrons. The maximum absolute atomic E-state index is 14.0. The van der Waals surface area contributed by atoms with E-state index in [1.807, 2.05) is 39.0 Å². The lowest BCUT2D eigenvalue weighted by Gasteiger charge is -2.12. The number of carbonyl (C=O) groups is 1. The van der Waals surface area contributed by atoms with Gasteiger partial charge in [0, 0.05) is 17.8 Å². The van der Waals surface area contributed by atoms with Gasteiger partial charge in [-0.1, -0.05) is 6.07 Å². The third-order valence-electron chi connectivity index (χ3n) is 5.32. The molecular weight excluding hydrogens is 442 g/mol. The number of carbonyl (C=O) groups excluding carboxylic acids is 1. The number of fused-ring (bicyclic) bond motifs is 1. The number of aryl methyl sites for hydroxylation is 2. The third-order valence-corrected chi connectivity index (χ3v) is 5.32. The van der Waals surface area contributed by atoms with Crippen molar-refractivity contribution in [2.45, 2.75) is 27.7 Å². The second kappa shape index (κ2) is 9.46. The first-order valence-electron chi connectivity index (χ1n) is 10.8. The van der Waals surface area contributed by atoms with Gasteiger partial charge < -0.3 is 14.8 Å². The smallest absolute Gasteiger partial charge is 0.259 e. The molecule has 0 aliphatic carbocycles. The first kappa shape index (κ1) is 23.2. The van der Waals surface area contributed by atoms with Crippen molar-refractivity contribution >= 4 is 17.2 Å². The molecule has 2 aromatic carbocycles. The molecule has 34 heavy (non-hydrogen) atoms. The van der Waals surface area contributed by atoms with Crippen LogP contribution in [0.2, 0.25) is 0 Å². The average Bonchev–Trinajstić information content (AvgIpc) is 3.14. The van der Waals surface area contributed by atoms with Gasteiger partial charge in [-0.15, -0.1) is 0 Å². The van der Waals surface area contributed by atoms with E-state index in [4.69, 9.17) is 9.47 Å². The molecule has 1 N–H and O–H groups in total. The van der Waals surface area contributed by atoms with Gasteiger partial charge in [0.15, 0.2) is 17.1 Å². The Morgan fingerprint density at radius 3 is 2.47 bits per heavy atom. The summed E-state index contributed by atoms with van der Waals surface area (Å²) in [7, 11) is 0. The molecule has 0 unspecified atom stereocenters. The fourth-order valence-electron chi connectivity index (χ4n) is 3.75. The maximum Gasteiger partial charge on any atom is 0.259 e. The van der Waals surface area contributed by atoms with E-state index in [0.29, 0.717) is 47.8 Å². The lowest BCUT2D eigenvalue weighted by Crippen LogP contribution is -2.17. The van der Waals surface area contributed by atoms with Crippen LogP contribution in [0.1, 0.15) is 35.6 Å². The summed E-state index contributed by atoms with van der Waals surface area (Å²) in [6, 6.07) is 8.59. The number of nitrogens with one attached hydrogen (secondary N) is 1. The van der Waals surface area contributed by atoms with Gasteiger partial charge >= 0.3 is 0 Å². The van der Waals surface area contributed by atoms with Gasteiger partial charge in [0.05, 0.1) is 35.9 Å². The molecule has 0 fully saturated rings. The zero-order valence-corrected chi connectivity index (χ0v) is 19.3. The Kier molecular flexibility index (Phi) is 6.45. The third kappa shape index (κ3) is 4.28. The fourth-order valence-corrected chi connectivity index (χ4v) is 3.75. The Bertz CT molecular complexity index is 1380. The van der Waals surface area contributed by atoms with Crippen LogP contribution >= 0.6 is 0 Å². The number of hydrogen-bond donors (Lipinski definition) is 1.